The van der Waals surface area contributed by atoms with E-state index in [0.717, 1.165) is 0 Å². The number of amides is 1. The quantitative estimate of drug-likeness (QED) is 0.668. The van der Waals surface area contributed by atoms with E-state index in [9.17, 15) is 21.6 Å². The number of carbonyl (C=O) groups is 1. The van der Waals surface area contributed by atoms with Crippen LogP contribution in [0.4, 0.5) is 0 Å². The summed E-state index contributed by atoms with van der Waals surface area (Å²) in [5.74, 6) is 0.117. The number of carbonyl (C=O) groups excluding carboxylic acids is 1. The number of hydrogen-bond acceptors (Lipinski definition) is 5. The smallest absolute Gasteiger partial charge is 0.226 e. The Balaban J connectivity index is 1.96. The Morgan fingerprint density at radius 1 is 1.17 bits per heavy atom. The number of hydrogen-bond donors (Lipinski definition) is 0. The fraction of sp³-hybridized carbons (Fsp3) is 0.933. The summed E-state index contributed by atoms with van der Waals surface area (Å²) >= 11 is 0. The number of sulfone groups is 1. The molecule has 0 radical (unpaired) electrons. The molecule has 0 N–H and O–H groups in total. The fourth-order valence-corrected chi connectivity index (χ4v) is 6.89. The van der Waals surface area contributed by atoms with Crippen LogP contribution < -0.4 is 0 Å². The van der Waals surface area contributed by atoms with Crippen molar-refractivity contribution in [1.82, 2.24) is 9.21 Å². The molecule has 0 aromatic carbocycles. The zero-order chi connectivity index (χ0) is 18.0. The predicted octanol–water partition coefficient (Wildman–Crippen LogP) is 0.474. The monoisotopic (exact) mass is 380 g/mol. The Morgan fingerprint density at radius 2 is 1.79 bits per heavy atom. The van der Waals surface area contributed by atoms with Crippen LogP contribution in [-0.4, -0.2) is 74.9 Å². The van der Waals surface area contributed by atoms with Crippen LogP contribution in [0.2, 0.25) is 0 Å². The van der Waals surface area contributed by atoms with E-state index in [1.54, 1.807) is 4.90 Å². The maximum absolute atomic E-state index is 12.8. The van der Waals surface area contributed by atoms with Crippen molar-refractivity contribution in [2.45, 2.75) is 45.6 Å². The van der Waals surface area contributed by atoms with Gasteiger partial charge in [0.05, 0.1) is 17.3 Å². The molecule has 0 aliphatic carbocycles. The van der Waals surface area contributed by atoms with Gasteiger partial charge in [-0.15, -0.1) is 0 Å². The molecule has 2 saturated heterocycles. The first-order valence-corrected chi connectivity index (χ1v) is 12.1. The van der Waals surface area contributed by atoms with Crippen molar-refractivity contribution in [3.63, 3.8) is 0 Å². The summed E-state index contributed by atoms with van der Waals surface area (Å²) in [6, 6.07) is -0.227. The van der Waals surface area contributed by atoms with Gasteiger partial charge in [-0.3, -0.25) is 4.79 Å². The highest BCUT2D eigenvalue weighted by Gasteiger charge is 2.38. The van der Waals surface area contributed by atoms with Gasteiger partial charge in [0.1, 0.15) is 0 Å². The molecular weight excluding hydrogens is 352 g/mol. The van der Waals surface area contributed by atoms with Gasteiger partial charge in [-0.05, 0) is 32.6 Å². The first-order chi connectivity index (χ1) is 11.2. The van der Waals surface area contributed by atoms with Crippen LogP contribution in [0, 0.1) is 5.92 Å². The van der Waals surface area contributed by atoms with Crippen LogP contribution in [0.3, 0.4) is 0 Å². The third-order valence-corrected chi connectivity index (χ3v) is 8.76. The van der Waals surface area contributed by atoms with E-state index in [-0.39, 0.29) is 35.1 Å². The maximum Gasteiger partial charge on any atom is 0.226 e. The van der Waals surface area contributed by atoms with Gasteiger partial charge >= 0.3 is 0 Å². The van der Waals surface area contributed by atoms with Gasteiger partial charge < -0.3 is 4.90 Å². The van der Waals surface area contributed by atoms with E-state index < -0.39 is 19.9 Å². The molecule has 0 aromatic rings. The fourth-order valence-electron chi connectivity index (χ4n) is 3.62. The summed E-state index contributed by atoms with van der Waals surface area (Å²) in [6.07, 6.45) is 2.11. The van der Waals surface area contributed by atoms with Gasteiger partial charge in [0, 0.05) is 31.6 Å². The molecule has 2 rings (SSSR count). The van der Waals surface area contributed by atoms with Gasteiger partial charge in [-0.25, -0.2) is 21.1 Å². The lowest BCUT2D eigenvalue weighted by Crippen LogP contribution is -2.48. The number of rotatable bonds is 6. The van der Waals surface area contributed by atoms with E-state index in [1.807, 2.05) is 13.8 Å². The lowest BCUT2D eigenvalue weighted by Gasteiger charge is -2.35. The van der Waals surface area contributed by atoms with Gasteiger partial charge in [0.25, 0.3) is 0 Å². The van der Waals surface area contributed by atoms with E-state index in [2.05, 4.69) is 0 Å². The third kappa shape index (κ3) is 4.49. The molecule has 2 aliphatic heterocycles. The molecule has 1 unspecified atom stereocenters. The standard InChI is InChI=1S/C15H28N2O5S2/c1-3-10-24(21,22)16-8-5-13(6-9-16)15(18)17(4-2)14-7-11-23(19,20)12-14/h13-14H,3-12H2,1-2H3. The lowest BCUT2D eigenvalue weighted by atomic mass is 9.95. The second-order valence-corrected chi connectivity index (χ2v) is 11.0. The van der Waals surface area contributed by atoms with Crippen molar-refractivity contribution in [1.29, 1.82) is 0 Å². The Hall–Kier alpha value is -0.670. The summed E-state index contributed by atoms with van der Waals surface area (Å²) in [5.41, 5.74) is 0. The molecule has 0 saturated carbocycles. The Kier molecular flexibility index (Phi) is 6.30. The molecular formula is C15H28N2O5S2. The Bertz CT molecular complexity index is 651. The minimum absolute atomic E-state index is 0.0212. The predicted molar refractivity (Wildman–Crippen MR) is 92.8 cm³/mol. The third-order valence-electron chi connectivity index (χ3n) is 4.93. The number of piperidine rings is 1. The second kappa shape index (κ2) is 7.70. The minimum Gasteiger partial charge on any atom is -0.339 e. The second-order valence-electron chi connectivity index (χ2n) is 6.67. The van der Waals surface area contributed by atoms with Crippen molar-refractivity contribution in [3.8, 4) is 0 Å². The van der Waals surface area contributed by atoms with Gasteiger partial charge in [-0.1, -0.05) is 6.92 Å². The molecule has 1 atom stereocenters. The zero-order valence-corrected chi connectivity index (χ0v) is 16.1. The summed E-state index contributed by atoms with van der Waals surface area (Å²) in [4.78, 5) is 14.5. The number of nitrogens with zero attached hydrogens (tertiary/aromatic N) is 2. The van der Waals surface area contributed by atoms with Crippen molar-refractivity contribution in [2.24, 2.45) is 5.92 Å². The van der Waals surface area contributed by atoms with E-state index in [4.69, 9.17) is 0 Å². The van der Waals surface area contributed by atoms with Crippen LogP contribution in [0.5, 0.6) is 0 Å². The van der Waals surface area contributed by atoms with Crippen LogP contribution in [0.25, 0.3) is 0 Å². The molecule has 0 bridgehead atoms. The SMILES string of the molecule is CCCS(=O)(=O)N1CCC(C(=O)N(CC)C2CCS(=O)(=O)C2)CC1. The zero-order valence-electron chi connectivity index (χ0n) is 14.5. The highest BCUT2D eigenvalue weighted by atomic mass is 32.2. The summed E-state index contributed by atoms with van der Waals surface area (Å²) in [5, 5.41) is 0. The van der Waals surface area contributed by atoms with Crippen LogP contribution in [0.1, 0.15) is 39.5 Å². The van der Waals surface area contributed by atoms with Gasteiger partial charge in [-0.2, -0.15) is 0 Å². The minimum atomic E-state index is -3.21. The average molecular weight is 381 g/mol. The van der Waals surface area contributed by atoms with Crippen molar-refractivity contribution < 1.29 is 21.6 Å². The van der Waals surface area contributed by atoms with Crippen molar-refractivity contribution in [3.05, 3.63) is 0 Å². The molecule has 7 nitrogen and oxygen atoms in total. The molecule has 140 valence electrons. The molecule has 1 amide bonds. The largest absolute Gasteiger partial charge is 0.339 e. The van der Waals surface area contributed by atoms with E-state index >= 15 is 0 Å². The summed E-state index contributed by atoms with van der Waals surface area (Å²) in [6.45, 7) is 4.94. The first-order valence-electron chi connectivity index (χ1n) is 8.69. The van der Waals surface area contributed by atoms with Crippen molar-refractivity contribution >= 4 is 25.8 Å². The number of sulfonamides is 1. The molecule has 0 aromatic heterocycles. The Labute approximate surface area is 145 Å². The molecule has 24 heavy (non-hydrogen) atoms. The molecule has 2 fully saturated rings. The van der Waals surface area contributed by atoms with Crippen LogP contribution >= 0.6 is 0 Å². The highest BCUT2D eigenvalue weighted by molar-refractivity contribution is 7.91. The van der Waals surface area contributed by atoms with Crippen LogP contribution in [-0.2, 0) is 24.7 Å². The summed E-state index contributed by atoms with van der Waals surface area (Å²) in [7, 11) is -6.24. The molecule has 2 heterocycles. The first kappa shape index (κ1) is 19.7. The van der Waals surface area contributed by atoms with Gasteiger partial charge in [0.2, 0.25) is 15.9 Å². The van der Waals surface area contributed by atoms with Crippen molar-refractivity contribution in [2.75, 3.05) is 36.9 Å². The molecule has 0 spiro atoms. The van der Waals surface area contributed by atoms with Gasteiger partial charge in [0.15, 0.2) is 9.84 Å². The van der Waals surface area contributed by atoms with Crippen LogP contribution in [0.15, 0.2) is 0 Å². The maximum atomic E-state index is 12.8. The lowest BCUT2D eigenvalue weighted by molar-refractivity contribution is -0.138. The topological polar surface area (TPSA) is 91.8 Å². The Morgan fingerprint density at radius 3 is 2.25 bits per heavy atom. The highest BCUT2D eigenvalue weighted by Crippen LogP contribution is 2.25. The normalized spacial score (nSPS) is 25.7. The average Bonchev–Trinajstić information content (AvgIpc) is 2.88. The van der Waals surface area contributed by atoms with E-state index in [0.29, 0.717) is 45.3 Å². The summed E-state index contributed by atoms with van der Waals surface area (Å²) < 4.78 is 49.0. The molecule has 9 heteroatoms. The molecule has 2 aliphatic rings. The van der Waals surface area contributed by atoms with E-state index in [1.165, 1.54) is 4.31 Å².